The van der Waals surface area contributed by atoms with E-state index >= 15 is 0 Å². The Kier molecular flexibility index (Phi) is 6.51. The summed E-state index contributed by atoms with van der Waals surface area (Å²) in [6.07, 6.45) is 5.03. The first kappa shape index (κ1) is 21.7. The SMILES string of the molecule is CC(=O)N[C@@H](C)c1ccc(O[C@@H]2CCN(c3nc(N4CCCC4C)ncc3Cl)C2)cc1. The van der Waals surface area contributed by atoms with Gasteiger partial charge in [-0.2, -0.15) is 4.98 Å². The molecule has 2 aromatic rings. The average molecular weight is 444 g/mol. The van der Waals surface area contributed by atoms with E-state index in [4.69, 9.17) is 21.3 Å². The summed E-state index contributed by atoms with van der Waals surface area (Å²) in [5.41, 5.74) is 1.05. The van der Waals surface area contributed by atoms with Crippen molar-refractivity contribution in [3.8, 4) is 5.75 Å². The Labute approximate surface area is 188 Å². The second kappa shape index (κ2) is 9.30. The molecule has 2 fully saturated rings. The number of halogens is 1. The van der Waals surface area contributed by atoms with Crippen molar-refractivity contribution in [1.29, 1.82) is 0 Å². The van der Waals surface area contributed by atoms with Gasteiger partial charge in [0.1, 0.15) is 16.9 Å². The molecule has 7 nitrogen and oxygen atoms in total. The maximum absolute atomic E-state index is 11.2. The zero-order valence-electron chi connectivity index (χ0n) is 18.3. The van der Waals surface area contributed by atoms with Crippen molar-refractivity contribution in [3.05, 3.63) is 41.0 Å². The van der Waals surface area contributed by atoms with Crippen molar-refractivity contribution in [2.75, 3.05) is 29.4 Å². The highest BCUT2D eigenvalue weighted by Crippen LogP contribution is 2.31. The zero-order chi connectivity index (χ0) is 22.0. The fourth-order valence-corrected chi connectivity index (χ4v) is 4.58. The van der Waals surface area contributed by atoms with E-state index in [-0.39, 0.29) is 18.1 Å². The molecule has 0 saturated carbocycles. The lowest BCUT2D eigenvalue weighted by molar-refractivity contribution is -0.119. The van der Waals surface area contributed by atoms with Crippen LogP contribution in [0.4, 0.5) is 11.8 Å². The molecular weight excluding hydrogens is 414 g/mol. The standard InChI is InChI=1S/C23H30ClN5O2/c1-15-5-4-11-29(15)23-25-13-21(24)22(27-23)28-12-10-20(14-28)31-19-8-6-18(7-9-19)16(2)26-17(3)30/h6-9,13,15-16,20H,4-5,10-12,14H2,1-3H3,(H,26,30)/t15?,16-,20+/m0/s1. The molecule has 2 saturated heterocycles. The number of nitrogens with zero attached hydrogens (tertiary/aromatic N) is 4. The monoisotopic (exact) mass is 443 g/mol. The number of carbonyl (C=O) groups is 1. The average Bonchev–Trinajstić information content (AvgIpc) is 3.37. The second-order valence-electron chi connectivity index (χ2n) is 8.49. The molecule has 1 aromatic heterocycles. The third kappa shape index (κ3) is 5.03. The molecule has 1 aromatic carbocycles. The Morgan fingerprint density at radius 1 is 1.26 bits per heavy atom. The summed E-state index contributed by atoms with van der Waals surface area (Å²) in [5, 5.41) is 3.47. The molecule has 166 valence electrons. The summed E-state index contributed by atoms with van der Waals surface area (Å²) >= 11 is 6.45. The fourth-order valence-electron chi connectivity index (χ4n) is 4.37. The second-order valence-corrected chi connectivity index (χ2v) is 8.90. The minimum absolute atomic E-state index is 0.0269. The van der Waals surface area contributed by atoms with Crippen LogP contribution in [-0.4, -0.2) is 47.7 Å². The summed E-state index contributed by atoms with van der Waals surface area (Å²) in [6.45, 7) is 8.27. The Bertz CT molecular complexity index is 923. The summed E-state index contributed by atoms with van der Waals surface area (Å²) in [5.74, 6) is 2.34. The maximum atomic E-state index is 11.2. The minimum atomic E-state index is -0.0374. The lowest BCUT2D eigenvalue weighted by Gasteiger charge is -2.24. The lowest BCUT2D eigenvalue weighted by Crippen LogP contribution is -2.30. The van der Waals surface area contributed by atoms with Crippen molar-refractivity contribution < 1.29 is 9.53 Å². The number of carbonyl (C=O) groups excluding carboxylic acids is 1. The fraction of sp³-hybridized carbons (Fsp3) is 0.522. The van der Waals surface area contributed by atoms with Crippen LogP contribution in [0.3, 0.4) is 0 Å². The number of hydrogen-bond acceptors (Lipinski definition) is 6. The normalized spacial score (nSPS) is 21.9. The van der Waals surface area contributed by atoms with E-state index < -0.39 is 0 Å². The molecule has 0 aliphatic carbocycles. The van der Waals surface area contributed by atoms with Crippen LogP contribution in [-0.2, 0) is 4.79 Å². The van der Waals surface area contributed by atoms with Crippen LogP contribution in [0.15, 0.2) is 30.5 Å². The van der Waals surface area contributed by atoms with Crippen LogP contribution < -0.4 is 19.9 Å². The van der Waals surface area contributed by atoms with E-state index in [0.717, 1.165) is 49.1 Å². The molecule has 3 atom stereocenters. The molecule has 0 spiro atoms. The highest BCUT2D eigenvalue weighted by atomic mass is 35.5. The molecule has 31 heavy (non-hydrogen) atoms. The molecule has 2 aliphatic heterocycles. The molecule has 1 unspecified atom stereocenters. The van der Waals surface area contributed by atoms with Crippen LogP contribution >= 0.6 is 11.6 Å². The molecule has 0 radical (unpaired) electrons. The molecule has 8 heteroatoms. The first-order chi connectivity index (χ1) is 14.9. The zero-order valence-corrected chi connectivity index (χ0v) is 19.1. The van der Waals surface area contributed by atoms with Gasteiger partial charge in [0.15, 0.2) is 5.82 Å². The number of nitrogens with one attached hydrogen (secondary N) is 1. The van der Waals surface area contributed by atoms with Gasteiger partial charge in [-0.3, -0.25) is 4.79 Å². The van der Waals surface area contributed by atoms with Gasteiger partial charge in [0, 0.05) is 32.5 Å². The number of hydrogen-bond donors (Lipinski definition) is 1. The number of aromatic nitrogens is 2. The number of benzene rings is 1. The first-order valence-corrected chi connectivity index (χ1v) is 11.4. The van der Waals surface area contributed by atoms with E-state index in [2.05, 4.69) is 27.0 Å². The van der Waals surface area contributed by atoms with Gasteiger partial charge in [0.25, 0.3) is 0 Å². The number of ether oxygens (including phenoxy) is 1. The Hall–Kier alpha value is -2.54. The molecule has 1 N–H and O–H groups in total. The van der Waals surface area contributed by atoms with Crippen LogP contribution in [0.25, 0.3) is 0 Å². The highest BCUT2D eigenvalue weighted by molar-refractivity contribution is 6.32. The summed E-state index contributed by atoms with van der Waals surface area (Å²) in [4.78, 5) is 25.0. The highest BCUT2D eigenvalue weighted by Gasteiger charge is 2.29. The van der Waals surface area contributed by atoms with Crippen LogP contribution in [0.5, 0.6) is 5.75 Å². The minimum Gasteiger partial charge on any atom is -0.489 e. The van der Waals surface area contributed by atoms with E-state index in [1.807, 2.05) is 31.2 Å². The molecular formula is C23H30ClN5O2. The Balaban J connectivity index is 1.39. The third-order valence-corrected chi connectivity index (χ3v) is 6.34. The molecule has 0 bridgehead atoms. The summed E-state index contributed by atoms with van der Waals surface area (Å²) < 4.78 is 6.20. The first-order valence-electron chi connectivity index (χ1n) is 11.0. The van der Waals surface area contributed by atoms with Gasteiger partial charge >= 0.3 is 0 Å². The largest absolute Gasteiger partial charge is 0.489 e. The summed E-state index contributed by atoms with van der Waals surface area (Å²) in [7, 11) is 0. The number of anilines is 2. The quantitative estimate of drug-likeness (QED) is 0.728. The van der Waals surface area contributed by atoms with Gasteiger partial charge in [-0.25, -0.2) is 4.98 Å². The van der Waals surface area contributed by atoms with Crippen molar-refractivity contribution >= 4 is 29.3 Å². The number of rotatable bonds is 6. The van der Waals surface area contributed by atoms with Crippen molar-refractivity contribution in [1.82, 2.24) is 15.3 Å². The van der Waals surface area contributed by atoms with Gasteiger partial charge in [0.2, 0.25) is 11.9 Å². The smallest absolute Gasteiger partial charge is 0.227 e. The van der Waals surface area contributed by atoms with Crippen LogP contribution in [0, 0.1) is 0 Å². The lowest BCUT2D eigenvalue weighted by atomic mass is 10.1. The van der Waals surface area contributed by atoms with Gasteiger partial charge in [-0.1, -0.05) is 23.7 Å². The van der Waals surface area contributed by atoms with Crippen molar-refractivity contribution in [2.45, 2.75) is 58.2 Å². The van der Waals surface area contributed by atoms with E-state index in [1.54, 1.807) is 6.20 Å². The molecule has 4 rings (SSSR count). The van der Waals surface area contributed by atoms with Crippen molar-refractivity contribution in [2.24, 2.45) is 0 Å². The van der Waals surface area contributed by atoms with E-state index in [9.17, 15) is 4.79 Å². The van der Waals surface area contributed by atoms with E-state index in [0.29, 0.717) is 11.1 Å². The van der Waals surface area contributed by atoms with Gasteiger partial charge in [-0.15, -0.1) is 0 Å². The van der Waals surface area contributed by atoms with Gasteiger partial charge in [-0.05, 0) is 44.4 Å². The maximum Gasteiger partial charge on any atom is 0.227 e. The predicted octanol–water partition coefficient (Wildman–Crippen LogP) is 3.97. The topological polar surface area (TPSA) is 70.6 Å². The predicted molar refractivity (Wildman–Crippen MR) is 123 cm³/mol. The van der Waals surface area contributed by atoms with Crippen molar-refractivity contribution in [3.63, 3.8) is 0 Å². The Morgan fingerprint density at radius 3 is 2.71 bits per heavy atom. The van der Waals surface area contributed by atoms with Crippen LogP contribution in [0.1, 0.15) is 51.6 Å². The van der Waals surface area contributed by atoms with E-state index in [1.165, 1.54) is 19.8 Å². The van der Waals surface area contributed by atoms with Gasteiger partial charge in [0.05, 0.1) is 18.8 Å². The van der Waals surface area contributed by atoms with Crippen LogP contribution in [0.2, 0.25) is 5.02 Å². The third-order valence-electron chi connectivity index (χ3n) is 6.07. The molecule has 2 aliphatic rings. The Morgan fingerprint density at radius 2 is 2.03 bits per heavy atom. The van der Waals surface area contributed by atoms with Gasteiger partial charge < -0.3 is 19.9 Å². The summed E-state index contributed by atoms with van der Waals surface area (Å²) in [6, 6.07) is 8.34. The molecule has 1 amide bonds. The molecule has 3 heterocycles. The number of amides is 1.